The SMILES string of the molecule is Nc1c(-c2ccc(Cl)cc2)n[nH]c1C(=O)CCc1nc2ccccc2o1. The Hall–Kier alpha value is -3.12. The summed E-state index contributed by atoms with van der Waals surface area (Å²) in [7, 11) is 0. The van der Waals surface area contributed by atoms with Crippen molar-refractivity contribution >= 4 is 34.2 Å². The molecule has 4 aromatic rings. The summed E-state index contributed by atoms with van der Waals surface area (Å²) >= 11 is 5.89. The van der Waals surface area contributed by atoms with E-state index in [0.717, 1.165) is 11.1 Å². The van der Waals surface area contributed by atoms with Gasteiger partial charge in [0.05, 0.1) is 5.69 Å². The van der Waals surface area contributed by atoms with Gasteiger partial charge in [0.15, 0.2) is 17.3 Å². The molecule has 130 valence electrons. The molecule has 2 aromatic heterocycles. The number of rotatable bonds is 5. The Balaban J connectivity index is 1.50. The quantitative estimate of drug-likeness (QED) is 0.514. The Labute approximate surface area is 154 Å². The topological polar surface area (TPSA) is 97.8 Å². The summed E-state index contributed by atoms with van der Waals surface area (Å²) in [5, 5.41) is 7.54. The number of Topliss-reactive ketones (excluding diaryl/α,β-unsaturated/α-hetero) is 1. The first kappa shape index (κ1) is 16.4. The molecule has 0 spiro atoms. The molecule has 26 heavy (non-hydrogen) atoms. The van der Waals surface area contributed by atoms with Gasteiger partial charge in [-0.1, -0.05) is 35.9 Å². The van der Waals surface area contributed by atoms with Crippen LogP contribution in [0.2, 0.25) is 5.02 Å². The number of anilines is 1. The van der Waals surface area contributed by atoms with Crippen molar-refractivity contribution in [3.05, 3.63) is 65.1 Å². The van der Waals surface area contributed by atoms with Crippen molar-refractivity contribution < 1.29 is 9.21 Å². The molecule has 4 rings (SSSR count). The zero-order valence-electron chi connectivity index (χ0n) is 13.7. The minimum absolute atomic E-state index is 0.141. The fraction of sp³-hybridized carbons (Fsp3) is 0.105. The molecule has 7 heteroatoms. The van der Waals surface area contributed by atoms with Crippen LogP contribution in [-0.4, -0.2) is 21.0 Å². The number of carbonyl (C=O) groups is 1. The second-order valence-electron chi connectivity index (χ2n) is 5.87. The van der Waals surface area contributed by atoms with E-state index in [1.807, 2.05) is 24.3 Å². The summed E-state index contributed by atoms with van der Waals surface area (Å²) in [6.45, 7) is 0. The largest absolute Gasteiger partial charge is 0.441 e. The number of nitrogens with one attached hydrogen (secondary N) is 1. The lowest BCUT2D eigenvalue weighted by molar-refractivity contribution is 0.0976. The maximum absolute atomic E-state index is 12.5. The standard InChI is InChI=1S/C19H15ClN4O2/c20-12-7-5-11(6-8-12)18-17(21)19(24-23-18)14(25)9-10-16-22-13-3-1-2-4-15(13)26-16/h1-8H,9-10,21H2,(H,23,24). The maximum Gasteiger partial charge on any atom is 0.195 e. The van der Waals surface area contributed by atoms with Crippen molar-refractivity contribution in [1.29, 1.82) is 0 Å². The van der Waals surface area contributed by atoms with Crippen LogP contribution in [0.1, 0.15) is 22.8 Å². The first-order valence-corrected chi connectivity index (χ1v) is 8.47. The number of H-pyrrole nitrogens is 1. The van der Waals surface area contributed by atoms with Crippen molar-refractivity contribution in [2.75, 3.05) is 5.73 Å². The highest BCUT2D eigenvalue weighted by Gasteiger charge is 2.18. The number of benzene rings is 2. The summed E-state index contributed by atoms with van der Waals surface area (Å²) in [6, 6.07) is 14.6. The van der Waals surface area contributed by atoms with E-state index >= 15 is 0 Å². The number of oxazole rings is 1. The maximum atomic E-state index is 12.5. The molecule has 0 aliphatic heterocycles. The molecule has 0 unspecified atom stereocenters. The van der Waals surface area contributed by atoms with Crippen molar-refractivity contribution in [3.8, 4) is 11.3 Å². The van der Waals surface area contributed by atoms with Crippen LogP contribution in [0, 0.1) is 0 Å². The molecule has 0 aliphatic rings. The first-order valence-electron chi connectivity index (χ1n) is 8.09. The molecular formula is C19H15ClN4O2. The average Bonchev–Trinajstić information content (AvgIpc) is 3.23. The van der Waals surface area contributed by atoms with E-state index in [0.29, 0.717) is 40.0 Å². The number of aryl methyl sites for hydroxylation is 1. The van der Waals surface area contributed by atoms with Crippen molar-refractivity contribution in [1.82, 2.24) is 15.2 Å². The predicted octanol–water partition coefficient (Wildman–Crippen LogP) is 4.27. The molecule has 0 saturated heterocycles. The highest BCUT2D eigenvalue weighted by molar-refractivity contribution is 6.30. The van der Waals surface area contributed by atoms with Crippen LogP contribution < -0.4 is 5.73 Å². The number of hydrogen-bond acceptors (Lipinski definition) is 5. The number of nitrogen functional groups attached to an aromatic ring is 1. The number of hydrogen-bond donors (Lipinski definition) is 2. The van der Waals surface area contributed by atoms with E-state index in [1.54, 1.807) is 24.3 Å². The Bertz CT molecular complexity index is 1050. The lowest BCUT2D eigenvalue weighted by Crippen LogP contribution is -2.05. The molecule has 2 heterocycles. The number of ketones is 1. The van der Waals surface area contributed by atoms with Crippen LogP contribution in [0.4, 0.5) is 5.69 Å². The third kappa shape index (κ3) is 3.07. The molecule has 3 N–H and O–H groups in total. The van der Waals surface area contributed by atoms with Crippen LogP contribution in [0.15, 0.2) is 52.9 Å². The van der Waals surface area contributed by atoms with Gasteiger partial charge >= 0.3 is 0 Å². The van der Waals surface area contributed by atoms with Gasteiger partial charge in [-0.3, -0.25) is 9.89 Å². The zero-order chi connectivity index (χ0) is 18.1. The van der Waals surface area contributed by atoms with E-state index < -0.39 is 0 Å². The van der Waals surface area contributed by atoms with E-state index in [1.165, 1.54) is 0 Å². The van der Waals surface area contributed by atoms with Gasteiger partial charge in [0, 0.05) is 23.4 Å². The van der Waals surface area contributed by atoms with Gasteiger partial charge in [-0.15, -0.1) is 0 Å². The number of nitrogens with zero attached hydrogens (tertiary/aromatic N) is 2. The summed E-state index contributed by atoms with van der Waals surface area (Å²) in [6.07, 6.45) is 0.613. The number of aromatic nitrogens is 3. The lowest BCUT2D eigenvalue weighted by Gasteiger charge is -2.00. The van der Waals surface area contributed by atoms with E-state index in [2.05, 4.69) is 15.2 Å². The smallest absolute Gasteiger partial charge is 0.195 e. The molecule has 0 amide bonds. The van der Waals surface area contributed by atoms with Gasteiger partial charge in [0.25, 0.3) is 0 Å². The summed E-state index contributed by atoms with van der Waals surface area (Å²) in [5.41, 5.74) is 9.56. The Morgan fingerprint density at radius 3 is 2.69 bits per heavy atom. The van der Waals surface area contributed by atoms with Crippen molar-refractivity contribution in [2.45, 2.75) is 12.8 Å². The molecule has 0 aliphatic carbocycles. The van der Waals surface area contributed by atoms with Crippen LogP contribution in [0.25, 0.3) is 22.4 Å². The Morgan fingerprint density at radius 1 is 1.15 bits per heavy atom. The highest BCUT2D eigenvalue weighted by Crippen LogP contribution is 2.28. The molecule has 2 aromatic carbocycles. The second kappa shape index (κ2) is 6.65. The average molecular weight is 367 g/mol. The predicted molar refractivity (Wildman–Crippen MR) is 100 cm³/mol. The first-order chi connectivity index (χ1) is 12.6. The molecule has 6 nitrogen and oxygen atoms in total. The third-order valence-electron chi connectivity index (χ3n) is 4.10. The summed E-state index contributed by atoms with van der Waals surface area (Å²) < 4.78 is 5.64. The second-order valence-corrected chi connectivity index (χ2v) is 6.30. The van der Waals surface area contributed by atoms with Crippen molar-refractivity contribution in [3.63, 3.8) is 0 Å². The molecule has 0 bridgehead atoms. The van der Waals surface area contributed by atoms with Crippen molar-refractivity contribution in [2.24, 2.45) is 0 Å². The van der Waals surface area contributed by atoms with Crippen LogP contribution >= 0.6 is 11.6 Å². The van der Waals surface area contributed by atoms with Crippen LogP contribution in [-0.2, 0) is 6.42 Å². The lowest BCUT2D eigenvalue weighted by atomic mass is 10.1. The Kier molecular flexibility index (Phi) is 4.18. The fourth-order valence-corrected chi connectivity index (χ4v) is 2.89. The minimum atomic E-state index is -0.141. The normalized spacial score (nSPS) is 11.1. The highest BCUT2D eigenvalue weighted by atomic mass is 35.5. The molecule has 0 atom stereocenters. The number of nitrogens with two attached hydrogens (primary N) is 1. The van der Waals surface area contributed by atoms with Gasteiger partial charge in [-0.25, -0.2) is 4.98 Å². The fourth-order valence-electron chi connectivity index (χ4n) is 2.76. The number of carbonyl (C=O) groups excluding carboxylic acids is 1. The minimum Gasteiger partial charge on any atom is -0.441 e. The van der Waals surface area contributed by atoms with Gasteiger partial charge in [0.1, 0.15) is 16.9 Å². The van der Waals surface area contributed by atoms with E-state index in [9.17, 15) is 4.79 Å². The molecular weight excluding hydrogens is 352 g/mol. The number of para-hydroxylation sites is 2. The van der Waals surface area contributed by atoms with Gasteiger partial charge in [0.2, 0.25) is 0 Å². The Morgan fingerprint density at radius 2 is 1.92 bits per heavy atom. The number of halogens is 1. The van der Waals surface area contributed by atoms with Crippen LogP contribution in [0.3, 0.4) is 0 Å². The van der Waals surface area contributed by atoms with Gasteiger partial charge in [-0.05, 0) is 24.3 Å². The summed E-state index contributed by atoms with van der Waals surface area (Å²) in [5.74, 6) is 0.382. The molecule has 0 fully saturated rings. The number of fused-ring (bicyclic) bond motifs is 1. The zero-order valence-corrected chi connectivity index (χ0v) is 14.5. The van der Waals surface area contributed by atoms with Crippen LogP contribution in [0.5, 0.6) is 0 Å². The summed E-state index contributed by atoms with van der Waals surface area (Å²) in [4.78, 5) is 16.9. The van der Waals surface area contributed by atoms with E-state index in [4.69, 9.17) is 21.8 Å². The van der Waals surface area contributed by atoms with Gasteiger partial charge < -0.3 is 10.2 Å². The molecule has 0 saturated carbocycles. The van der Waals surface area contributed by atoms with E-state index in [-0.39, 0.29) is 12.2 Å². The molecule has 0 radical (unpaired) electrons. The van der Waals surface area contributed by atoms with Gasteiger partial charge in [-0.2, -0.15) is 5.10 Å². The number of aromatic amines is 1. The third-order valence-corrected chi connectivity index (χ3v) is 4.36. The monoisotopic (exact) mass is 366 g/mol.